The quantitative estimate of drug-likeness (QED) is 0.353. The molecule has 1 amide bonds. The van der Waals surface area contributed by atoms with Crippen LogP contribution in [0.15, 0.2) is 48.0 Å². The average Bonchev–Trinajstić information content (AvgIpc) is 3.20. The zero-order chi connectivity index (χ0) is 19.8. The summed E-state index contributed by atoms with van der Waals surface area (Å²) in [4.78, 5) is 22.0. The van der Waals surface area contributed by atoms with Crippen LogP contribution in [0, 0.1) is 0 Å². The predicted molar refractivity (Wildman–Crippen MR) is 123 cm³/mol. The smallest absolute Gasteiger partial charge is 0.409 e. The highest BCUT2D eigenvalue weighted by Crippen LogP contribution is 2.12. The minimum atomic E-state index is -0.238. The van der Waals surface area contributed by atoms with E-state index in [0.717, 1.165) is 24.9 Å². The van der Waals surface area contributed by atoms with Gasteiger partial charge in [0, 0.05) is 38.1 Å². The number of nitrogens with zero attached hydrogens (tertiary/aromatic N) is 4. The number of likely N-dealkylation sites (tertiary alicyclic amines) is 1. The average molecular weight is 512 g/mol. The topological polar surface area (TPSA) is 97.8 Å². The van der Waals surface area contributed by atoms with Crippen molar-refractivity contribution in [3.8, 4) is 0 Å². The third-order valence-electron chi connectivity index (χ3n) is 4.72. The van der Waals surface area contributed by atoms with E-state index in [4.69, 9.17) is 10.5 Å². The van der Waals surface area contributed by atoms with Gasteiger partial charge in [-0.05, 0) is 30.9 Å². The summed E-state index contributed by atoms with van der Waals surface area (Å²) < 4.78 is 7.07. The number of aliphatic imine (C=N–C) groups is 1. The molecule has 0 saturated carbocycles. The largest absolute Gasteiger partial charge is 0.450 e. The van der Waals surface area contributed by atoms with Crippen LogP contribution in [0.4, 0.5) is 4.79 Å². The predicted octanol–water partition coefficient (Wildman–Crippen LogP) is 2.57. The number of amides is 1. The Kier molecular flexibility index (Phi) is 9.23. The molecule has 0 unspecified atom stereocenters. The van der Waals surface area contributed by atoms with Crippen molar-refractivity contribution in [3.63, 3.8) is 0 Å². The van der Waals surface area contributed by atoms with Gasteiger partial charge in [0.2, 0.25) is 0 Å². The van der Waals surface area contributed by atoms with Crippen LogP contribution in [0.25, 0.3) is 0 Å². The Bertz CT molecular complexity index is 788. The Morgan fingerprint density at radius 3 is 2.79 bits per heavy atom. The number of rotatable bonds is 6. The molecule has 0 spiro atoms. The van der Waals surface area contributed by atoms with E-state index in [0.29, 0.717) is 32.2 Å². The van der Waals surface area contributed by atoms with Gasteiger partial charge in [-0.25, -0.2) is 14.8 Å². The molecule has 0 radical (unpaired) electrons. The van der Waals surface area contributed by atoms with Crippen molar-refractivity contribution in [2.75, 3.05) is 19.7 Å². The molecule has 158 valence electrons. The first-order chi connectivity index (χ1) is 13.6. The van der Waals surface area contributed by atoms with Crippen molar-refractivity contribution in [2.45, 2.75) is 38.9 Å². The van der Waals surface area contributed by atoms with Gasteiger partial charge in [-0.15, -0.1) is 24.0 Å². The number of nitrogens with two attached hydrogens (primary N) is 1. The summed E-state index contributed by atoms with van der Waals surface area (Å²) >= 11 is 0. The standard InChI is InChI=1S/C20H28N6O2.HI/c1-2-28-20(27)26-9-6-18(7-10-26)24-19(21)23-13-16-4-3-5-17(12-16)14-25-11-8-22-15-25;/h3-5,8,11-12,15,18H,2,6-7,9-10,13-14H2,1H3,(H3,21,23,24);1H. The molecule has 9 heteroatoms. The maximum absolute atomic E-state index is 11.7. The number of hydrogen-bond acceptors (Lipinski definition) is 4. The Balaban J connectivity index is 0.00000300. The van der Waals surface area contributed by atoms with Gasteiger partial charge in [0.25, 0.3) is 0 Å². The van der Waals surface area contributed by atoms with Gasteiger partial charge >= 0.3 is 6.09 Å². The molecule has 1 aliphatic heterocycles. The Morgan fingerprint density at radius 2 is 2.10 bits per heavy atom. The number of benzene rings is 1. The second kappa shape index (κ2) is 11.6. The minimum Gasteiger partial charge on any atom is -0.450 e. The van der Waals surface area contributed by atoms with Crippen molar-refractivity contribution in [3.05, 3.63) is 54.1 Å². The number of nitrogens with one attached hydrogen (secondary N) is 1. The number of carbonyl (C=O) groups excluding carboxylic acids is 1. The molecular weight excluding hydrogens is 483 g/mol. The molecule has 3 rings (SSSR count). The second-order valence-electron chi connectivity index (χ2n) is 6.86. The zero-order valence-corrected chi connectivity index (χ0v) is 19.0. The molecule has 29 heavy (non-hydrogen) atoms. The lowest BCUT2D eigenvalue weighted by atomic mass is 10.1. The van der Waals surface area contributed by atoms with E-state index < -0.39 is 0 Å². The van der Waals surface area contributed by atoms with Crippen LogP contribution in [0.1, 0.15) is 30.9 Å². The Morgan fingerprint density at radius 1 is 1.34 bits per heavy atom. The highest BCUT2D eigenvalue weighted by Gasteiger charge is 2.23. The van der Waals surface area contributed by atoms with Crippen LogP contribution in [0.3, 0.4) is 0 Å². The Hall–Kier alpha value is -2.30. The third kappa shape index (κ3) is 7.22. The van der Waals surface area contributed by atoms with E-state index in [1.165, 1.54) is 5.56 Å². The van der Waals surface area contributed by atoms with E-state index in [9.17, 15) is 4.79 Å². The fourth-order valence-electron chi connectivity index (χ4n) is 3.27. The number of guanidine groups is 1. The lowest BCUT2D eigenvalue weighted by Crippen LogP contribution is -2.48. The molecule has 1 aromatic carbocycles. The summed E-state index contributed by atoms with van der Waals surface area (Å²) in [6.07, 6.45) is 6.95. The summed E-state index contributed by atoms with van der Waals surface area (Å²) in [6, 6.07) is 8.53. The SMILES string of the molecule is CCOC(=O)N1CCC(NC(N)=NCc2cccc(Cn3ccnc3)c2)CC1.I. The highest BCUT2D eigenvalue weighted by molar-refractivity contribution is 14.0. The summed E-state index contributed by atoms with van der Waals surface area (Å²) in [7, 11) is 0. The van der Waals surface area contributed by atoms with E-state index in [1.54, 1.807) is 17.4 Å². The number of ether oxygens (including phenoxy) is 1. The number of halogens is 1. The number of piperidine rings is 1. The van der Waals surface area contributed by atoms with Crippen LogP contribution in [-0.4, -0.2) is 52.2 Å². The molecule has 1 aromatic heterocycles. The fraction of sp³-hybridized carbons (Fsp3) is 0.450. The molecule has 0 aliphatic carbocycles. The van der Waals surface area contributed by atoms with E-state index in [2.05, 4.69) is 27.4 Å². The number of hydrogen-bond donors (Lipinski definition) is 2. The van der Waals surface area contributed by atoms with Crippen LogP contribution < -0.4 is 11.1 Å². The van der Waals surface area contributed by atoms with Crippen LogP contribution >= 0.6 is 24.0 Å². The monoisotopic (exact) mass is 512 g/mol. The van der Waals surface area contributed by atoms with Gasteiger partial charge < -0.3 is 25.3 Å². The molecule has 2 aromatic rings. The van der Waals surface area contributed by atoms with Crippen molar-refractivity contribution >= 4 is 36.0 Å². The maximum Gasteiger partial charge on any atom is 0.409 e. The molecule has 2 heterocycles. The molecule has 1 saturated heterocycles. The molecule has 0 atom stereocenters. The van der Waals surface area contributed by atoms with Gasteiger partial charge in [-0.1, -0.05) is 24.3 Å². The zero-order valence-electron chi connectivity index (χ0n) is 16.7. The lowest BCUT2D eigenvalue weighted by molar-refractivity contribution is 0.0963. The summed E-state index contributed by atoms with van der Waals surface area (Å²) in [5.74, 6) is 0.439. The molecule has 1 aliphatic rings. The summed E-state index contributed by atoms with van der Waals surface area (Å²) in [5.41, 5.74) is 8.37. The van der Waals surface area contributed by atoms with Crippen LogP contribution in [0.2, 0.25) is 0 Å². The maximum atomic E-state index is 11.7. The van der Waals surface area contributed by atoms with Gasteiger partial charge in [0.05, 0.1) is 19.5 Å². The van der Waals surface area contributed by atoms with Crippen LogP contribution in [0.5, 0.6) is 0 Å². The first-order valence-corrected chi connectivity index (χ1v) is 9.65. The highest BCUT2D eigenvalue weighted by atomic mass is 127. The molecular formula is C20H29IN6O2. The van der Waals surface area contributed by atoms with Gasteiger partial charge in [0.15, 0.2) is 5.96 Å². The molecule has 8 nitrogen and oxygen atoms in total. The number of imidazole rings is 1. The van der Waals surface area contributed by atoms with Crippen LogP contribution in [-0.2, 0) is 17.8 Å². The van der Waals surface area contributed by atoms with E-state index >= 15 is 0 Å². The molecule has 1 fully saturated rings. The summed E-state index contributed by atoms with van der Waals surface area (Å²) in [6.45, 7) is 4.86. The minimum absolute atomic E-state index is 0. The van der Waals surface area contributed by atoms with Crippen molar-refractivity contribution in [2.24, 2.45) is 10.7 Å². The molecule has 0 bridgehead atoms. The van der Waals surface area contributed by atoms with Gasteiger partial charge in [-0.2, -0.15) is 0 Å². The van der Waals surface area contributed by atoms with E-state index in [1.807, 2.05) is 29.8 Å². The first-order valence-electron chi connectivity index (χ1n) is 9.65. The van der Waals surface area contributed by atoms with Gasteiger partial charge in [0.1, 0.15) is 0 Å². The fourth-order valence-corrected chi connectivity index (χ4v) is 3.27. The third-order valence-corrected chi connectivity index (χ3v) is 4.72. The van der Waals surface area contributed by atoms with Crippen molar-refractivity contribution < 1.29 is 9.53 Å². The number of carbonyl (C=O) groups is 1. The second-order valence-corrected chi connectivity index (χ2v) is 6.86. The lowest BCUT2D eigenvalue weighted by Gasteiger charge is -2.31. The van der Waals surface area contributed by atoms with Gasteiger partial charge in [-0.3, -0.25) is 0 Å². The number of aromatic nitrogens is 2. The van der Waals surface area contributed by atoms with Crippen molar-refractivity contribution in [1.29, 1.82) is 0 Å². The Labute approximate surface area is 188 Å². The first kappa shape index (κ1) is 23.0. The van der Waals surface area contributed by atoms with Crippen molar-refractivity contribution in [1.82, 2.24) is 19.8 Å². The molecule has 3 N–H and O–H groups in total. The summed E-state index contributed by atoms with van der Waals surface area (Å²) in [5, 5.41) is 3.27. The normalized spacial score (nSPS) is 14.9. The van der Waals surface area contributed by atoms with E-state index in [-0.39, 0.29) is 36.1 Å².